The highest BCUT2D eigenvalue weighted by atomic mass is 32.2. The molecule has 164 valence electrons. The zero-order valence-electron chi connectivity index (χ0n) is 18.0. The van der Waals surface area contributed by atoms with Crippen LogP contribution in [0.3, 0.4) is 0 Å². The van der Waals surface area contributed by atoms with Crippen LogP contribution in [0.15, 0.2) is 16.3 Å². The summed E-state index contributed by atoms with van der Waals surface area (Å²) < 4.78 is 38.2. The standard InChI is InChI=1S/C21H28N2O5S2/c1-6-22-30(25,26)21-19(20(24)28-5)16-7-8-23(12-18(16)29-21)11-15-9-14(3)17(27-4)10-13(15)2/h9-10,22H,6-8,11-12H2,1-5H3. The molecule has 1 aliphatic rings. The summed E-state index contributed by atoms with van der Waals surface area (Å²) in [7, 11) is -0.805. The number of carbonyl (C=O) groups is 1. The van der Waals surface area contributed by atoms with Crippen molar-refractivity contribution in [2.75, 3.05) is 27.3 Å². The minimum absolute atomic E-state index is 0.0551. The van der Waals surface area contributed by atoms with Crippen molar-refractivity contribution in [2.24, 2.45) is 0 Å². The van der Waals surface area contributed by atoms with Crippen LogP contribution in [0.5, 0.6) is 5.75 Å². The van der Waals surface area contributed by atoms with Crippen molar-refractivity contribution >= 4 is 27.3 Å². The second-order valence-corrected chi connectivity index (χ2v) is 10.4. The second-order valence-electron chi connectivity index (χ2n) is 7.37. The van der Waals surface area contributed by atoms with Gasteiger partial charge in [0.25, 0.3) is 10.0 Å². The van der Waals surface area contributed by atoms with Crippen LogP contribution in [0, 0.1) is 13.8 Å². The predicted molar refractivity (Wildman–Crippen MR) is 117 cm³/mol. The number of benzene rings is 1. The molecule has 0 atom stereocenters. The molecule has 0 radical (unpaired) electrons. The Morgan fingerprint density at radius 3 is 2.60 bits per heavy atom. The Morgan fingerprint density at radius 1 is 1.23 bits per heavy atom. The van der Waals surface area contributed by atoms with Crippen LogP contribution in [-0.2, 0) is 34.3 Å². The minimum Gasteiger partial charge on any atom is -0.496 e. The average molecular weight is 453 g/mol. The summed E-state index contributed by atoms with van der Waals surface area (Å²) in [4.78, 5) is 15.6. The smallest absolute Gasteiger partial charge is 0.340 e. The number of methoxy groups -OCH3 is 2. The average Bonchev–Trinajstić information content (AvgIpc) is 3.09. The number of nitrogens with one attached hydrogen (secondary N) is 1. The van der Waals surface area contributed by atoms with Gasteiger partial charge in [0, 0.05) is 31.1 Å². The first-order valence-electron chi connectivity index (χ1n) is 9.80. The molecular weight excluding hydrogens is 424 g/mol. The number of ether oxygens (including phenoxy) is 2. The first-order chi connectivity index (χ1) is 14.2. The zero-order chi connectivity index (χ0) is 22.1. The fourth-order valence-electron chi connectivity index (χ4n) is 3.80. The van der Waals surface area contributed by atoms with Gasteiger partial charge in [-0.25, -0.2) is 17.9 Å². The molecule has 1 N–H and O–H groups in total. The minimum atomic E-state index is -3.75. The van der Waals surface area contributed by atoms with Crippen molar-refractivity contribution < 1.29 is 22.7 Å². The van der Waals surface area contributed by atoms with Gasteiger partial charge in [0.2, 0.25) is 0 Å². The van der Waals surface area contributed by atoms with Crippen molar-refractivity contribution in [3.8, 4) is 5.75 Å². The third kappa shape index (κ3) is 4.39. The SMILES string of the molecule is CCNS(=O)(=O)c1sc2c(c1C(=O)OC)CCN(Cc1cc(C)c(OC)cc1C)C2. The molecule has 0 unspecified atom stereocenters. The van der Waals surface area contributed by atoms with E-state index in [2.05, 4.69) is 22.6 Å². The van der Waals surface area contributed by atoms with Gasteiger partial charge in [-0.15, -0.1) is 11.3 Å². The van der Waals surface area contributed by atoms with Crippen LogP contribution < -0.4 is 9.46 Å². The number of thiophene rings is 1. The summed E-state index contributed by atoms with van der Waals surface area (Å²) in [6.45, 7) is 8.13. The molecule has 0 amide bonds. The van der Waals surface area contributed by atoms with Gasteiger partial charge in [-0.3, -0.25) is 4.90 Å². The van der Waals surface area contributed by atoms with Gasteiger partial charge >= 0.3 is 5.97 Å². The third-order valence-corrected chi connectivity index (χ3v) is 8.60. The van der Waals surface area contributed by atoms with Crippen LogP contribution in [0.25, 0.3) is 0 Å². The van der Waals surface area contributed by atoms with E-state index in [-0.39, 0.29) is 16.3 Å². The Labute approximate surface area is 182 Å². The number of sulfonamides is 1. The topological polar surface area (TPSA) is 84.9 Å². The van der Waals surface area contributed by atoms with Gasteiger partial charge < -0.3 is 9.47 Å². The normalized spacial score (nSPS) is 14.4. The van der Waals surface area contributed by atoms with Gasteiger partial charge in [-0.05, 0) is 48.6 Å². The first kappa shape index (κ1) is 22.7. The van der Waals surface area contributed by atoms with E-state index in [1.165, 1.54) is 24.0 Å². The number of rotatable bonds is 7. The van der Waals surface area contributed by atoms with Crippen molar-refractivity contribution in [3.63, 3.8) is 0 Å². The summed E-state index contributed by atoms with van der Waals surface area (Å²) in [5.41, 5.74) is 4.43. The Morgan fingerprint density at radius 2 is 1.97 bits per heavy atom. The number of aryl methyl sites for hydroxylation is 2. The Balaban J connectivity index is 1.92. The summed E-state index contributed by atoms with van der Waals surface area (Å²) in [5, 5.41) is 0. The van der Waals surface area contributed by atoms with Gasteiger partial charge in [-0.1, -0.05) is 13.0 Å². The van der Waals surface area contributed by atoms with E-state index in [9.17, 15) is 13.2 Å². The Bertz CT molecular complexity index is 1060. The third-order valence-electron chi connectivity index (χ3n) is 5.32. The molecule has 9 heteroatoms. The van der Waals surface area contributed by atoms with E-state index in [0.717, 1.165) is 40.4 Å². The van der Waals surface area contributed by atoms with Crippen molar-refractivity contribution in [3.05, 3.63) is 44.8 Å². The van der Waals surface area contributed by atoms with E-state index in [0.29, 0.717) is 13.0 Å². The van der Waals surface area contributed by atoms with Gasteiger partial charge in [0.15, 0.2) is 0 Å². The maximum atomic E-state index is 12.7. The van der Waals surface area contributed by atoms with Crippen molar-refractivity contribution in [1.82, 2.24) is 9.62 Å². The molecule has 1 aliphatic heterocycles. The summed E-state index contributed by atoms with van der Waals surface area (Å²) in [5.74, 6) is 0.274. The molecule has 1 aromatic carbocycles. The molecule has 0 aliphatic carbocycles. The molecule has 0 bridgehead atoms. The van der Waals surface area contributed by atoms with Crippen LogP contribution >= 0.6 is 11.3 Å². The molecule has 7 nitrogen and oxygen atoms in total. The number of fused-ring (bicyclic) bond motifs is 1. The molecular formula is C21H28N2O5S2. The van der Waals surface area contributed by atoms with E-state index in [1.54, 1.807) is 14.0 Å². The highest BCUT2D eigenvalue weighted by Crippen LogP contribution is 2.37. The molecule has 0 saturated heterocycles. The van der Waals surface area contributed by atoms with Crippen LogP contribution in [0.4, 0.5) is 0 Å². The lowest BCUT2D eigenvalue weighted by Crippen LogP contribution is -2.30. The highest BCUT2D eigenvalue weighted by Gasteiger charge is 2.33. The number of carbonyl (C=O) groups excluding carboxylic acids is 1. The molecule has 2 heterocycles. The Hall–Kier alpha value is -1.94. The van der Waals surface area contributed by atoms with E-state index < -0.39 is 16.0 Å². The van der Waals surface area contributed by atoms with Crippen LogP contribution in [0.1, 0.15) is 44.4 Å². The molecule has 0 fully saturated rings. The van der Waals surface area contributed by atoms with Crippen molar-refractivity contribution in [2.45, 2.75) is 44.5 Å². The molecule has 1 aromatic heterocycles. The maximum absolute atomic E-state index is 12.7. The lowest BCUT2D eigenvalue weighted by atomic mass is 10.0. The van der Waals surface area contributed by atoms with Crippen molar-refractivity contribution in [1.29, 1.82) is 0 Å². The van der Waals surface area contributed by atoms with Gasteiger partial charge in [0.05, 0.1) is 19.8 Å². The van der Waals surface area contributed by atoms with Crippen LogP contribution in [-0.4, -0.2) is 46.6 Å². The fraction of sp³-hybridized carbons (Fsp3) is 0.476. The summed E-state index contributed by atoms with van der Waals surface area (Å²) in [6.07, 6.45) is 0.603. The zero-order valence-corrected chi connectivity index (χ0v) is 19.6. The largest absolute Gasteiger partial charge is 0.496 e. The van der Waals surface area contributed by atoms with Gasteiger partial charge in [0.1, 0.15) is 9.96 Å². The number of hydrogen-bond donors (Lipinski definition) is 1. The Kier molecular flexibility index (Phi) is 6.86. The summed E-state index contributed by atoms with van der Waals surface area (Å²) in [6, 6.07) is 4.18. The monoisotopic (exact) mass is 452 g/mol. The number of nitrogens with zero attached hydrogens (tertiary/aromatic N) is 1. The molecule has 2 aromatic rings. The lowest BCUT2D eigenvalue weighted by Gasteiger charge is -2.28. The highest BCUT2D eigenvalue weighted by molar-refractivity contribution is 7.91. The van der Waals surface area contributed by atoms with Crippen LogP contribution in [0.2, 0.25) is 0 Å². The quantitative estimate of drug-likeness (QED) is 0.650. The lowest BCUT2D eigenvalue weighted by molar-refractivity contribution is 0.0595. The fourth-order valence-corrected chi connectivity index (χ4v) is 6.81. The van der Waals surface area contributed by atoms with E-state index in [1.807, 2.05) is 13.0 Å². The molecule has 3 rings (SSSR count). The molecule has 0 saturated carbocycles. The number of hydrogen-bond acceptors (Lipinski definition) is 7. The second kappa shape index (κ2) is 9.05. The molecule has 0 spiro atoms. The predicted octanol–water partition coefficient (Wildman–Crippen LogP) is 3.02. The van der Waals surface area contributed by atoms with E-state index in [4.69, 9.17) is 9.47 Å². The van der Waals surface area contributed by atoms with Gasteiger partial charge in [-0.2, -0.15) is 0 Å². The van der Waals surface area contributed by atoms with E-state index >= 15 is 0 Å². The maximum Gasteiger partial charge on any atom is 0.340 e. The summed E-state index contributed by atoms with van der Waals surface area (Å²) >= 11 is 1.17. The first-order valence-corrected chi connectivity index (χ1v) is 12.1. The molecule has 30 heavy (non-hydrogen) atoms. The number of esters is 1.